The number of hydrogen-bond donors (Lipinski definition) is 2. The fourth-order valence-corrected chi connectivity index (χ4v) is 3.50. The number of hydrogen-bond acceptors (Lipinski definition) is 4. The molecule has 2 aromatic heterocycles. The molecule has 0 fully saturated rings. The van der Waals surface area contributed by atoms with Crippen molar-refractivity contribution in [3.63, 3.8) is 0 Å². The van der Waals surface area contributed by atoms with Crippen molar-refractivity contribution >= 4 is 28.6 Å². The molecule has 2 heterocycles. The maximum absolute atomic E-state index is 11.5. The van der Waals surface area contributed by atoms with Crippen molar-refractivity contribution in [2.45, 2.75) is 32.9 Å². The molecule has 0 radical (unpaired) electrons. The van der Waals surface area contributed by atoms with Crippen molar-refractivity contribution in [1.82, 2.24) is 10.6 Å². The van der Waals surface area contributed by atoms with Gasteiger partial charge in [0, 0.05) is 40.9 Å². The molecule has 2 aromatic rings. The molecule has 0 saturated carbocycles. The molecule has 20 heavy (non-hydrogen) atoms. The summed E-state index contributed by atoms with van der Waals surface area (Å²) in [5, 5.41) is 10.5. The summed E-state index contributed by atoms with van der Waals surface area (Å²) in [6, 6.07) is 6.65. The fraction of sp³-hybridized carbons (Fsp3) is 0.400. The molecule has 0 aromatic carbocycles. The molecule has 0 aliphatic heterocycles. The summed E-state index contributed by atoms with van der Waals surface area (Å²) in [4.78, 5) is 14.1. The van der Waals surface area contributed by atoms with Crippen LogP contribution in [0.3, 0.4) is 0 Å². The minimum Gasteiger partial charge on any atom is -0.354 e. The summed E-state index contributed by atoms with van der Waals surface area (Å²) < 4.78 is 0. The van der Waals surface area contributed by atoms with Crippen LogP contribution in [0.25, 0.3) is 10.4 Å². The average molecular weight is 308 g/mol. The van der Waals surface area contributed by atoms with Gasteiger partial charge in [-0.1, -0.05) is 6.07 Å². The van der Waals surface area contributed by atoms with Crippen LogP contribution in [-0.2, 0) is 11.3 Å². The van der Waals surface area contributed by atoms with E-state index in [1.54, 1.807) is 22.7 Å². The molecule has 2 rings (SSSR count). The van der Waals surface area contributed by atoms with Crippen LogP contribution in [0.5, 0.6) is 0 Å². The van der Waals surface area contributed by atoms with E-state index in [1.165, 1.54) is 15.3 Å². The minimum absolute atomic E-state index is 0.109. The van der Waals surface area contributed by atoms with Crippen molar-refractivity contribution in [3.05, 3.63) is 33.8 Å². The molecule has 2 N–H and O–H groups in total. The zero-order valence-corrected chi connectivity index (χ0v) is 13.4. The van der Waals surface area contributed by atoms with Crippen molar-refractivity contribution in [2.24, 2.45) is 0 Å². The van der Waals surface area contributed by atoms with Crippen LogP contribution in [-0.4, -0.2) is 18.5 Å². The second kappa shape index (κ2) is 7.57. The smallest absolute Gasteiger partial charge is 0.221 e. The number of carbonyl (C=O) groups excluding carboxylic acids is 1. The molecule has 0 spiro atoms. The molecule has 0 atom stereocenters. The van der Waals surface area contributed by atoms with E-state index in [0.717, 1.165) is 6.54 Å². The Labute approximate surface area is 128 Å². The van der Waals surface area contributed by atoms with Gasteiger partial charge in [-0.3, -0.25) is 4.79 Å². The van der Waals surface area contributed by atoms with Gasteiger partial charge in [-0.05, 0) is 36.7 Å². The highest BCUT2D eigenvalue weighted by Crippen LogP contribution is 2.29. The summed E-state index contributed by atoms with van der Waals surface area (Å²) in [6.07, 6.45) is 0.529. The first-order valence-corrected chi connectivity index (χ1v) is 8.52. The van der Waals surface area contributed by atoms with Crippen LogP contribution >= 0.6 is 22.7 Å². The maximum Gasteiger partial charge on any atom is 0.221 e. The zero-order valence-electron chi connectivity index (χ0n) is 11.8. The number of nitrogens with one attached hydrogen (secondary N) is 2. The normalized spacial score (nSPS) is 10.9. The highest BCUT2D eigenvalue weighted by molar-refractivity contribution is 7.14. The third-order valence-electron chi connectivity index (χ3n) is 2.74. The van der Waals surface area contributed by atoms with E-state index in [9.17, 15) is 4.79 Å². The monoisotopic (exact) mass is 308 g/mol. The molecule has 0 aliphatic carbocycles. The highest BCUT2D eigenvalue weighted by Gasteiger charge is 2.05. The van der Waals surface area contributed by atoms with Gasteiger partial charge in [0.15, 0.2) is 0 Å². The van der Waals surface area contributed by atoms with Gasteiger partial charge >= 0.3 is 0 Å². The lowest BCUT2D eigenvalue weighted by Crippen LogP contribution is -2.32. The average Bonchev–Trinajstić information content (AvgIpc) is 3.04. The molecule has 0 saturated heterocycles. The third kappa shape index (κ3) is 4.74. The Balaban J connectivity index is 1.71. The van der Waals surface area contributed by atoms with E-state index in [4.69, 9.17) is 0 Å². The van der Waals surface area contributed by atoms with Crippen molar-refractivity contribution in [1.29, 1.82) is 0 Å². The SMILES string of the molecule is CC(C)NC(=O)CCNCc1cc(-c2cccs2)cs1. The van der Waals surface area contributed by atoms with Gasteiger partial charge in [0.2, 0.25) is 5.91 Å². The molecule has 0 unspecified atom stereocenters. The molecule has 0 bridgehead atoms. The first kappa shape index (κ1) is 15.2. The Bertz CT molecular complexity index is 532. The first-order chi connectivity index (χ1) is 9.65. The number of rotatable bonds is 7. The van der Waals surface area contributed by atoms with E-state index in [1.807, 2.05) is 13.8 Å². The standard InChI is InChI=1S/C15H20N2OS2/c1-11(2)17-15(18)5-6-16-9-13-8-12(10-20-13)14-4-3-7-19-14/h3-4,7-8,10-11,16H,5-6,9H2,1-2H3,(H,17,18). The lowest BCUT2D eigenvalue weighted by molar-refractivity contribution is -0.121. The van der Waals surface area contributed by atoms with Gasteiger partial charge in [0.1, 0.15) is 0 Å². The minimum atomic E-state index is 0.109. The van der Waals surface area contributed by atoms with Gasteiger partial charge in [0.05, 0.1) is 0 Å². The van der Waals surface area contributed by atoms with Gasteiger partial charge in [-0.2, -0.15) is 0 Å². The van der Waals surface area contributed by atoms with Crippen LogP contribution in [0.1, 0.15) is 25.1 Å². The number of carbonyl (C=O) groups is 1. The lowest BCUT2D eigenvalue weighted by atomic mass is 10.2. The van der Waals surface area contributed by atoms with Crippen LogP contribution in [0.4, 0.5) is 0 Å². The Morgan fingerprint density at radius 2 is 2.20 bits per heavy atom. The van der Waals surface area contributed by atoms with E-state index in [0.29, 0.717) is 13.0 Å². The summed E-state index contributed by atoms with van der Waals surface area (Å²) in [5.41, 5.74) is 1.29. The zero-order chi connectivity index (χ0) is 14.4. The summed E-state index contributed by atoms with van der Waals surface area (Å²) in [6.45, 7) is 5.49. The molecule has 3 nitrogen and oxygen atoms in total. The molecular weight excluding hydrogens is 288 g/mol. The largest absolute Gasteiger partial charge is 0.354 e. The highest BCUT2D eigenvalue weighted by atomic mass is 32.1. The van der Waals surface area contributed by atoms with E-state index in [2.05, 4.69) is 39.6 Å². The third-order valence-corrected chi connectivity index (χ3v) is 4.59. The van der Waals surface area contributed by atoms with Gasteiger partial charge in [-0.15, -0.1) is 22.7 Å². The topological polar surface area (TPSA) is 41.1 Å². The molecule has 5 heteroatoms. The summed E-state index contributed by atoms with van der Waals surface area (Å²) >= 11 is 3.52. The molecule has 1 amide bonds. The Kier molecular flexibility index (Phi) is 5.76. The second-order valence-electron chi connectivity index (χ2n) is 4.93. The quantitative estimate of drug-likeness (QED) is 0.769. The van der Waals surface area contributed by atoms with Crippen molar-refractivity contribution < 1.29 is 4.79 Å². The molecular formula is C15H20N2OS2. The predicted octanol–water partition coefficient (Wildman–Crippen LogP) is 3.48. The summed E-state index contributed by atoms with van der Waals surface area (Å²) in [7, 11) is 0. The van der Waals surface area contributed by atoms with Crippen LogP contribution < -0.4 is 10.6 Å². The lowest BCUT2D eigenvalue weighted by Gasteiger charge is -2.08. The molecule has 108 valence electrons. The van der Waals surface area contributed by atoms with Crippen LogP contribution in [0, 0.1) is 0 Å². The van der Waals surface area contributed by atoms with E-state index < -0.39 is 0 Å². The maximum atomic E-state index is 11.5. The Hall–Kier alpha value is -1.17. The van der Waals surface area contributed by atoms with Gasteiger partial charge in [0.25, 0.3) is 0 Å². The second-order valence-corrected chi connectivity index (χ2v) is 6.87. The first-order valence-electron chi connectivity index (χ1n) is 6.76. The van der Waals surface area contributed by atoms with Crippen molar-refractivity contribution in [3.8, 4) is 10.4 Å². The van der Waals surface area contributed by atoms with Gasteiger partial charge in [-0.25, -0.2) is 0 Å². The Morgan fingerprint density at radius 1 is 1.35 bits per heavy atom. The van der Waals surface area contributed by atoms with Crippen molar-refractivity contribution in [2.75, 3.05) is 6.54 Å². The number of amides is 1. The number of thiophene rings is 2. The van der Waals surface area contributed by atoms with Crippen LogP contribution in [0.2, 0.25) is 0 Å². The Morgan fingerprint density at radius 3 is 2.90 bits per heavy atom. The van der Waals surface area contributed by atoms with E-state index >= 15 is 0 Å². The van der Waals surface area contributed by atoms with Crippen LogP contribution in [0.15, 0.2) is 29.0 Å². The fourth-order valence-electron chi connectivity index (χ4n) is 1.85. The summed E-state index contributed by atoms with van der Waals surface area (Å²) in [5.74, 6) is 0.109. The predicted molar refractivity (Wildman–Crippen MR) is 87.2 cm³/mol. The van der Waals surface area contributed by atoms with E-state index in [-0.39, 0.29) is 11.9 Å². The molecule has 0 aliphatic rings. The van der Waals surface area contributed by atoms with Gasteiger partial charge < -0.3 is 10.6 Å².